The van der Waals surface area contributed by atoms with E-state index in [-0.39, 0.29) is 17.4 Å². The first-order valence-electron chi connectivity index (χ1n) is 12.7. The minimum Gasteiger partial charge on any atom is -0.507 e. The van der Waals surface area contributed by atoms with Crippen LogP contribution in [0.15, 0.2) is 72.3 Å². The number of nitrogens with zero attached hydrogens (tertiary/aromatic N) is 2. The Hall–Kier alpha value is -3.97. The fraction of sp³-hybridized carbons (Fsp3) is 0.258. The first-order chi connectivity index (χ1) is 18.1. The van der Waals surface area contributed by atoms with Crippen molar-refractivity contribution in [3.05, 3.63) is 94.6 Å². The number of anilines is 1. The molecule has 1 unspecified atom stereocenters. The van der Waals surface area contributed by atoms with Gasteiger partial charge in [0.25, 0.3) is 5.78 Å². The van der Waals surface area contributed by atoms with Gasteiger partial charge in [0.15, 0.2) is 5.13 Å². The van der Waals surface area contributed by atoms with E-state index < -0.39 is 17.7 Å². The van der Waals surface area contributed by atoms with Crippen molar-refractivity contribution in [3.63, 3.8) is 0 Å². The zero-order valence-electron chi connectivity index (χ0n) is 22.1. The molecule has 0 saturated carbocycles. The molecule has 1 amide bonds. The third-order valence-electron chi connectivity index (χ3n) is 6.56. The molecule has 1 aromatic heterocycles. The van der Waals surface area contributed by atoms with E-state index in [4.69, 9.17) is 9.72 Å². The summed E-state index contributed by atoms with van der Waals surface area (Å²) in [5.41, 5.74) is 4.08. The van der Waals surface area contributed by atoms with Gasteiger partial charge in [-0.2, -0.15) is 0 Å². The van der Waals surface area contributed by atoms with Crippen LogP contribution < -0.4 is 9.64 Å². The maximum atomic E-state index is 13.6. The Morgan fingerprint density at radius 1 is 1.00 bits per heavy atom. The molecule has 1 saturated heterocycles. The molecule has 0 aliphatic carbocycles. The fourth-order valence-corrected chi connectivity index (χ4v) is 5.76. The molecule has 7 heteroatoms. The molecule has 1 aliphatic rings. The zero-order chi connectivity index (χ0) is 27.1. The highest BCUT2D eigenvalue weighted by molar-refractivity contribution is 7.22. The molecule has 0 spiro atoms. The molecule has 0 radical (unpaired) electrons. The average molecular weight is 527 g/mol. The number of benzene rings is 3. The Morgan fingerprint density at radius 2 is 1.76 bits per heavy atom. The summed E-state index contributed by atoms with van der Waals surface area (Å²) in [6.07, 6.45) is -0.0551. The highest BCUT2D eigenvalue weighted by Crippen LogP contribution is 2.44. The van der Waals surface area contributed by atoms with Crippen molar-refractivity contribution in [2.45, 2.75) is 52.7 Å². The number of rotatable bonds is 6. The van der Waals surface area contributed by atoms with E-state index in [1.807, 2.05) is 57.2 Å². The maximum Gasteiger partial charge on any atom is 0.301 e. The van der Waals surface area contributed by atoms with Crippen molar-refractivity contribution in [2.24, 2.45) is 0 Å². The average Bonchev–Trinajstić information content (AvgIpc) is 3.41. The zero-order valence-corrected chi connectivity index (χ0v) is 22.9. The summed E-state index contributed by atoms with van der Waals surface area (Å²) < 4.78 is 6.73. The molecule has 6 nitrogen and oxygen atoms in total. The number of carbonyl (C=O) groups excluding carboxylic acids is 2. The number of ether oxygens (including phenoxy) is 1. The molecule has 194 valence electrons. The van der Waals surface area contributed by atoms with Gasteiger partial charge in [-0.25, -0.2) is 4.98 Å². The Balaban J connectivity index is 1.69. The van der Waals surface area contributed by atoms with Gasteiger partial charge in [0, 0.05) is 5.56 Å². The topological polar surface area (TPSA) is 79.7 Å². The Bertz CT molecular complexity index is 1580. The lowest BCUT2D eigenvalue weighted by Gasteiger charge is -2.23. The molecule has 4 aromatic rings. The standard InChI is InChI=1S/C31H30N2O4S/c1-17(2)20-12-13-24-25(16-20)38-31(32-24)33-27(21-9-6-8-19(5)14-21)26(29(35)30(33)36)28(34)22-10-7-11-23(15-22)37-18(3)4/h6-18,27,34H,1-5H3/b28-26+. The van der Waals surface area contributed by atoms with Crippen LogP contribution in [-0.4, -0.2) is 27.9 Å². The van der Waals surface area contributed by atoms with Crippen LogP contribution in [0.25, 0.3) is 16.0 Å². The van der Waals surface area contributed by atoms with Crippen molar-refractivity contribution in [3.8, 4) is 5.75 Å². The van der Waals surface area contributed by atoms with Crippen molar-refractivity contribution in [1.82, 2.24) is 4.98 Å². The molecule has 1 atom stereocenters. The second-order valence-corrected chi connectivity index (χ2v) is 11.2. The molecular formula is C31H30N2O4S. The molecule has 2 heterocycles. The lowest BCUT2D eigenvalue weighted by molar-refractivity contribution is -0.132. The van der Waals surface area contributed by atoms with Gasteiger partial charge in [-0.05, 0) is 62.1 Å². The van der Waals surface area contributed by atoms with E-state index in [0.29, 0.717) is 22.4 Å². The first-order valence-corrected chi connectivity index (χ1v) is 13.5. The first kappa shape index (κ1) is 25.7. The van der Waals surface area contributed by atoms with Gasteiger partial charge in [0.2, 0.25) is 0 Å². The molecule has 0 bridgehead atoms. The number of hydrogen-bond acceptors (Lipinski definition) is 6. The molecular weight excluding hydrogens is 496 g/mol. The van der Waals surface area contributed by atoms with Gasteiger partial charge >= 0.3 is 5.91 Å². The smallest absolute Gasteiger partial charge is 0.301 e. The van der Waals surface area contributed by atoms with Crippen LogP contribution in [0.2, 0.25) is 0 Å². The number of aliphatic hydroxyl groups is 1. The van der Waals surface area contributed by atoms with Crippen molar-refractivity contribution >= 4 is 44.1 Å². The van der Waals surface area contributed by atoms with Crippen molar-refractivity contribution in [2.75, 3.05) is 4.90 Å². The third-order valence-corrected chi connectivity index (χ3v) is 7.57. The molecule has 1 aliphatic heterocycles. The normalized spacial score (nSPS) is 17.2. The number of aromatic nitrogens is 1. The van der Waals surface area contributed by atoms with E-state index in [2.05, 4.69) is 19.9 Å². The van der Waals surface area contributed by atoms with Gasteiger partial charge in [-0.3, -0.25) is 14.5 Å². The van der Waals surface area contributed by atoms with E-state index in [9.17, 15) is 14.7 Å². The Labute approximate surface area is 226 Å². The van der Waals surface area contributed by atoms with E-state index >= 15 is 0 Å². The number of thiazole rings is 1. The van der Waals surface area contributed by atoms with Gasteiger partial charge in [0.1, 0.15) is 11.5 Å². The van der Waals surface area contributed by atoms with Crippen LogP contribution in [0.3, 0.4) is 0 Å². The van der Waals surface area contributed by atoms with Gasteiger partial charge in [-0.1, -0.05) is 73.2 Å². The van der Waals surface area contributed by atoms with Crippen LogP contribution in [0.1, 0.15) is 61.9 Å². The van der Waals surface area contributed by atoms with Crippen LogP contribution in [0, 0.1) is 6.92 Å². The summed E-state index contributed by atoms with van der Waals surface area (Å²) in [4.78, 5) is 33.3. The number of aryl methyl sites for hydroxylation is 1. The van der Waals surface area contributed by atoms with Gasteiger partial charge < -0.3 is 9.84 Å². The number of fused-ring (bicyclic) bond motifs is 1. The quantitative estimate of drug-likeness (QED) is 0.164. The number of ketones is 1. The number of aliphatic hydroxyl groups excluding tert-OH is 1. The van der Waals surface area contributed by atoms with Gasteiger partial charge in [0.05, 0.1) is 27.9 Å². The summed E-state index contributed by atoms with van der Waals surface area (Å²) in [7, 11) is 0. The third kappa shape index (κ3) is 4.70. The Kier molecular flexibility index (Phi) is 6.80. The monoisotopic (exact) mass is 526 g/mol. The van der Waals surface area contributed by atoms with Crippen LogP contribution in [0.4, 0.5) is 5.13 Å². The van der Waals surface area contributed by atoms with Crippen molar-refractivity contribution < 1.29 is 19.4 Å². The maximum absolute atomic E-state index is 13.6. The van der Waals surface area contributed by atoms with E-state index in [1.54, 1.807) is 24.3 Å². The van der Waals surface area contributed by atoms with Crippen LogP contribution >= 0.6 is 11.3 Å². The van der Waals surface area contributed by atoms with Crippen molar-refractivity contribution in [1.29, 1.82) is 0 Å². The van der Waals surface area contributed by atoms with E-state index in [0.717, 1.165) is 21.3 Å². The van der Waals surface area contributed by atoms with Crippen LogP contribution in [0.5, 0.6) is 5.75 Å². The summed E-state index contributed by atoms with van der Waals surface area (Å²) in [5.74, 6) is -0.781. The Morgan fingerprint density at radius 3 is 2.47 bits per heavy atom. The number of hydrogen-bond donors (Lipinski definition) is 1. The number of amides is 1. The largest absolute Gasteiger partial charge is 0.507 e. The molecule has 5 rings (SSSR count). The summed E-state index contributed by atoms with van der Waals surface area (Å²) in [5, 5.41) is 11.9. The molecule has 1 N–H and O–H groups in total. The SMILES string of the molecule is Cc1cccc(C2/C(=C(\O)c3cccc(OC(C)C)c3)C(=O)C(=O)N2c2nc3ccc(C(C)C)cc3s2)c1. The minimum atomic E-state index is -0.824. The predicted octanol–water partition coefficient (Wildman–Crippen LogP) is 7.14. The molecule has 3 aromatic carbocycles. The second-order valence-electron chi connectivity index (χ2n) is 10.2. The lowest BCUT2D eigenvalue weighted by Crippen LogP contribution is -2.29. The highest BCUT2D eigenvalue weighted by atomic mass is 32.1. The fourth-order valence-electron chi connectivity index (χ4n) is 4.72. The summed E-state index contributed by atoms with van der Waals surface area (Å²) in [6, 6.07) is 19.8. The summed E-state index contributed by atoms with van der Waals surface area (Å²) >= 11 is 1.37. The minimum absolute atomic E-state index is 0.0319. The molecule has 38 heavy (non-hydrogen) atoms. The molecule has 1 fully saturated rings. The second kappa shape index (κ2) is 10.1. The highest BCUT2D eigenvalue weighted by Gasteiger charge is 2.48. The van der Waals surface area contributed by atoms with Crippen LogP contribution in [-0.2, 0) is 9.59 Å². The number of Topliss-reactive ketones (excluding diaryl/α,β-unsaturated/α-hetero) is 1. The summed E-state index contributed by atoms with van der Waals surface area (Å²) in [6.45, 7) is 10.0. The van der Waals surface area contributed by atoms with E-state index in [1.165, 1.54) is 21.8 Å². The number of carbonyl (C=O) groups is 2. The predicted molar refractivity (Wildman–Crippen MR) is 152 cm³/mol. The lowest BCUT2D eigenvalue weighted by atomic mass is 9.94. The van der Waals surface area contributed by atoms with Gasteiger partial charge in [-0.15, -0.1) is 0 Å².